The summed E-state index contributed by atoms with van der Waals surface area (Å²) in [6, 6.07) is 5.76. The summed E-state index contributed by atoms with van der Waals surface area (Å²) >= 11 is 0. The minimum atomic E-state index is -4.37. The SMILES string of the molecule is CCC1=C(P(=O)(O)O)C(C)(C)Oc2cccc(CC)c21. The van der Waals surface area contributed by atoms with Crippen LogP contribution in [0.4, 0.5) is 0 Å². The van der Waals surface area contributed by atoms with Gasteiger partial charge in [0.2, 0.25) is 0 Å². The highest BCUT2D eigenvalue weighted by Crippen LogP contribution is 2.58. The fourth-order valence-corrected chi connectivity index (χ4v) is 4.34. The van der Waals surface area contributed by atoms with Crippen molar-refractivity contribution in [2.75, 3.05) is 0 Å². The molecule has 1 aliphatic heterocycles. The summed E-state index contributed by atoms with van der Waals surface area (Å²) < 4.78 is 17.8. The molecule has 5 heteroatoms. The van der Waals surface area contributed by atoms with Gasteiger partial charge in [0.05, 0.1) is 5.31 Å². The standard InChI is InChI=1S/C15H21O4P/c1-5-10-8-7-9-12-13(10)11(6-2)14(20(16,17)18)15(3,4)19-12/h7-9H,5-6H2,1-4H3,(H2,16,17,18). The zero-order valence-corrected chi connectivity index (χ0v) is 13.2. The van der Waals surface area contributed by atoms with Gasteiger partial charge in [-0.1, -0.05) is 26.0 Å². The van der Waals surface area contributed by atoms with Crippen LogP contribution >= 0.6 is 7.60 Å². The predicted octanol–water partition coefficient (Wildman–Crippen LogP) is 3.72. The van der Waals surface area contributed by atoms with Crippen LogP contribution in [0.1, 0.15) is 45.2 Å². The maximum atomic E-state index is 11.9. The van der Waals surface area contributed by atoms with E-state index in [1.807, 2.05) is 32.0 Å². The summed E-state index contributed by atoms with van der Waals surface area (Å²) in [6.45, 7) is 7.36. The second kappa shape index (κ2) is 5.03. The summed E-state index contributed by atoms with van der Waals surface area (Å²) in [6.07, 6.45) is 1.36. The van der Waals surface area contributed by atoms with E-state index in [2.05, 4.69) is 0 Å². The average Bonchev–Trinajstić information content (AvgIpc) is 2.33. The van der Waals surface area contributed by atoms with E-state index in [-0.39, 0.29) is 5.31 Å². The Bertz CT molecular complexity index is 610. The van der Waals surface area contributed by atoms with Crippen LogP contribution < -0.4 is 4.74 Å². The van der Waals surface area contributed by atoms with Crippen molar-refractivity contribution in [3.8, 4) is 5.75 Å². The summed E-state index contributed by atoms with van der Waals surface area (Å²) in [4.78, 5) is 19.5. The molecule has 110 valence electrons. The van der Waals surface area contributed by atoms with Crippen molar-refractivity contribution in [2.24, 2.45) is 0 Å². The van der Waals surface area contributed by atoms with E-state index >= 15 is 0 Å². The van der Waals surface area contributed by atoms with Crippen molar-refractivity contribution >= 4 is 13.2 Å². The molecule has 20 heavy (non-hydrogen) atoms. The van der Waals surface area contributed by atoms with E-state index < -0.39 is 13.2 Å². The van der Waals surface area contributed by atoms with Crippen LogP contribution in [0.25, 0.3) is 5.57 Å². The Morgan fingerprint density at radius 2 is 1.85 bits per heavy atom. The molecule has 0 unspecified atom stereocenters. The van der Waals surface area contributed by atoms with Gasteiger partial charge in [0.1, 0.15) is 11.4 Å². The van der Waals surface area contributed by atoms with E-state index in [0.29, 0.717) is 12.2 Å². The van der Waals surface area contributed by atoms with Gasteiger partial charge in [0.25, 0.3) is 0 Å². The van der Waals surface area contributed by atoms with E-state index in [1.54, 1.807) is 13.8 Å². The van der Waals surface area contributed by atoms with Crippen LogP contribution in [0.3, 0.4) is 0 Å². The molecule has 1 heterocycles. The Balaban J connectivity index is 2.85. The normalized spacial score (nSPS) is 17.7. The van der Waals surface area contributed by atoms with E-state index in [1.165, 1.54) is 0 Å². The number of benzene rings is 1. The van der Waals surface area contributed by atoms with E-state index in [4.69, 9.17) is 4.74 Å². The predicted molar refractivity (Wildman–Crippen MR) is 79.8 cm³/mol. The lowest BCUT2D eigenvalue weighted by atomic mass is 9.89. The van der Waals surface area contributed by atoms with Crippen molar-refractivity contribution < 1.29 is 19.1 Å². The fraction of sp³-hybridized carbons (Fsp3) is 0.467. The molecule has 0 radical (unpaired) electrons. The first-order valence-corrected chi connectivity index (χ1v) is 8.44. The molecule has 0 fully saturated rings. The largest absolute Gasteiger partial charge is 0.482 e. The first kappa shape index (κ1) is 15.3. The number of aryl methyl sites for hydroxylation is 1. The van der Waals surface area contributed by atoms with Crippen molar-refractivity contribution in [1.29, 1.82) is 0 Å². The molecular formula is C15H21O4P. The molecule has 0 aliphatic carbocycles. The van der Waals surface area contributed by atoms with Crippen molar-refractivity contribution in [3.63, 3.8) is 0 Å². The van der Waals surface area contributed by atoms with Gasteiger partial charge in [0.15, 0.2) is 0 Å². The molecule has 1 aromatic rings. The first-order chi connectivity index (χ1) is 9.22. The third kappa shape index (κ3) is 2.44. The summed E-state index contributed by atoms with van der Waals surface area (Å²) in [5, 5.41) is 0.112. The molecule has 1 aliphatic rings. The number of hydrogen-bond donors (Lipinski definition) is 2. The molecule has 1 aromatic carbocycles. The summed E-state index contributed by atoms with van der Waals surface area (Å²) in [5.74, 6) is 0.711. The van der Waals surface area contributed by atoms with Gasteiger partial charge < -0.3 is 14.5 Å². The molecule has 0 atom stereocenters. The van der Waals surface area contributed by atoms with Gasteiger partial charge >= 0.3 is 7.60 Å². The smallest absolute Gasteiger partial charge is 0.356 e. The molecule has 0 amide bonds. The summed E-state index contributed by atoms with van der Waals surface area (Å²) in [5.41, 5.74) is 1.64. The first-order valence-electron chi connectivity index (χ1n) is 6.83. The highest BCUT2D eigenvalue weighted by atomic mass is 31.2. The number of hydrogen-bond acceptors (Lipinski definition) is 2. The minimum absolute atomic E-state index is 0.112. The maximum Gasteiger partial charge on any atom is 0.356 e. The van der Waals surface area contributed by atoms with Gasteiger partial charge in [-0.15, -0.1) is 0 Å². The molecular weight excluding hydrogens is 275 g/mol. The van der Waals surface area contributed by atoms with Gasteiger partial charge in [-0.3, -0.25) is 4.57 Å². The molecule has 2 N–H and O–H groups in total. The number of ether oxygens (including phenoxy) is 1. The van der Waals surface area contributed by atoms with Gasteiger partial charge in [-0.2, -0.15) is 0 Å². The fourth-order valence-electron chi connectivity index (χ4n) is 2.97. The topological polar surface area (TPSA) is 66.8 Å². The zero-order valence-electron chi connectivity index (χ0n) is 12.3. The highest BCUT2D eigenvalue weighted by Gasteiger charge is 2.43. The molecule has 0 saturated heterocycles. The molecule has 0 saturated carbocycles. The quantitative estimate of drug-likeness (QED) is 0.834. The minimum Gasteiger partial charge on any atom is -0.482 e. The van der Waals surface area contributed by atoms with Crippen LogP contribution in [0, 0.1) is 0 Å². The Kier molecular flexibility index (Phi) is 3.85. The van der Waals surface area contributed by atoms with Crippen LogP contribution in [-0.4, -0.2) is 15.4 Å². The van der Waals surface area contributed by atoms with Crippen LogP contribution in [0.15, 0.2) is 23.5 Å². The molecule has 0 spiro atoms. The zero-order chi connectivity index (χ0) is 15.1. The summed E-state index contributed by atoms with van der Waals surface area (Å²) in [7, 11) is -4.37. The molecule has 0 bridgehead atoms. The van der Waals surface area contributed by atoms with Gasteiger partial charge in [-0.25, -0.2) is 0 Å². The number of rotatable bonds is 3. The average molecular weight is 296 g/mol. The Hall–Kier alpha value is -1.09. The van der Waals surface area contributed by atoms with E-state index in [9.17, 15) is 14.4 Å². The third-order valence-corrected chi connectivity index (χ3v) is 5.05. The molecule has 4 nitrogen and oxygen atoms in total. The van der Waals surface area contributed by atoms with Crippen molar-refractivity contribution in [1.82, 2.24) is 0 Å². The lowest BCUT2D eigenvalue weighted by Crippen LogP contribution is -2.35. The Labute approximate surface area is 119 Å². The van der Waals surface area contributed by atoms with Crippen LogP contribution in [0.2, 0.25) is 0 Å². The highest BCUT2D eigenvalue weighted by molar-refractivity contribution is 7.57. The second-order valence-electron chi connectivity index (χ2n) is 5.48. The van der Waals surface area contributed by atoms with Crippen molar-refractivity contribution in [2.45, 2.75) is 46.1 Å². The third-order valence-electron chi connectivity index (χ3n) is 3.66. The molecule has 0 aromatic heterocycles. The molecule has 2 rings (SSSR count). The second-order valence-corrected chi connectivity index (χ2v) is 7.02. The maximum absolute atomic E-state index is 11.9. The van der Waals surface area contributed by atoms with Gasteiger partial charge in [0, 0.05) is 5.56 Å². The van der Waals surface area contributed by atoms with Crippen LogP contribution in [0.5, 0.6) is 5.75 Å². The Morgan fingerprint density at radius 1 is 1.20 bits per heavy atom. The number of allylic oxidation sites excluding steroid dienone is 1. The van der Waals surface area contributed by atoms with Gasteiger partial charge in [-0.05, 0) is 43.9 Å². The lowest BCUT2D eigenvalue weighted by molar-refractivity contribution is 0.147. The monoisotopic (exact) mass is 296 g/mol. The van der Waals surface area contributed by atoms with E-state index in [0.717, 1.165) is 23.1 Å². The van der Waals surface area contributed by atoms with Crippen molar-refractivity contribution in [3.05, 3.63) is 34.6 Å². The Morgan fingerprint density at radius 3 is 2.35 bits per heavy atom. The van der Waals surface area contributed by atoms with Crippen LogP contribution in [-0.2, 0) is 11.0 Å². The number of fused-ring (bicyclic) bond motifs is 1. The lowest BCUT2D eigenvalue weighted by Gasteiger charge is -2.37.